The summed E-state index contributed by atoms with van der Waals surface area (Å²) < 4.78 is 0. The minimum atomic E-state index is 0.734. The molecular weight excluding hydrogens is 202 g/mol. The molecule has 1 nitrogen and oxygen atoms in total. The molecule has 1 aliphatic rings. The molecule has 0 saturated heterocycles. The summed E-state index contributed by atoms with van der Waals surface area (Å²) in [5.74, 6) is 0. The summed E-state index contributed by atoms with van der Waals surface area (Å²) >= 11 is 2.10. The van der Waals surface area contributed by atoms with Crippen LogP contribution in [0.1, 0.15) is 25.8 Å². The second-order valence-corrected chi connectivity index (χ2v) is 6.27. The van der Waals surface area contributed by atoms with Gasteiger partial charge in [-0.15, -0.1) is 0 Å². The lowest BCUT2D eigenvalue weighted by molar-refractivity contribution is 0.799. The minimum Gasteiger partial charge on any atom is -0.384 e. The Labute approximate surface area is 96.7 Å². The third kappa shape index (κ3) is 2.91. The van der Waals surface area contributed by atoms with E-state index in [1.165, 1.54) is 24.1 Å². The molecule has 0 aliphatic carbocycles. The summed E-state index contributed by atoms with van der Waals surface area (Å²) in [6.07, 6.45) is 2.51. The molecule has 0 saturated carbocycles. The highest BCUT2D eigenvalue weighted by Gasteiger charge is 2.16. The van der Waals surface area contributed by atoms with Gasteiger partial charge in [0.05, 0.1) is 0 Å². The number of rotatable bonds is 2. The first-order valence-electron chi connectivity index (χ1n) is 5.73. The van der Waals surface area contributed by atoms with Crippen molar-refractivity contribution < 1.29 is 0 Å². The van der Waals surface area contributed by atoms with Crippen molar-refractivity contribution in [2.75, 3.05) is 11.9 Å². The van der Waals surface area contributed by atoms with Crippen LogP contribution in [0.4, 0.5) is 5.69 Å². The maximum atomic E-state index is 3.56. The quantitative estimate of drug-likeness (QED) is 0.819. The number of para-hydroxylation sites is 1. The fraction of sp³-hybridized carbons (Fsp3) is 0.538. The first-order chi connectivity index (χ1) is 7.25. The fourth-order valence-corrected chi connectivity index (χ4v) is 3.26. The Morgan fingerprint density at radius 3 is 2.93 bits per heavy atom. The molecule has 0 amide bonds. The summed E-state index contributed by atoms with van der Waals surface area (Å²) in [4.78, 5) is 0. The van der Waals surface area contributed by atoms with Crippen LogP contribution in [0, 0.1) is 0 Å². The molecule has 1 unspecified atom stereocenters. The van der Waals surface area contributed by atoms with Gasteiger partial charge >= 0.3 is 0 Å². The van der Waals surface area contributed by atoms with Crippen molar-refractivity contribution in [1.82, 2.24) is 0 Å². The van der Waals surface area contributed by atoms with E-state index >= 15 is 0 Å². The molecule has 0 spiro atoms. The number of fused-ring (bicyclic) bond motifs is 1. The molecule has 2 rings (SSSR count). The zero-order valence-corrected chi connectivity index (χ0v) is 10.3. The molecule has 0 radical (unpaired) electrons. The van der Waals surface area contributed by atoms with Gasteiger partial charge in [-0.1, -0.05) is 32.0 Å². The maximum absolute atomic E-state index is 3.56. The summed E-state index contributed by atoms with van der Waals surface area (Å²) in [5.41, 5.74) is 2.81. The largest absolute Gasteiger partial charge is 0.384 e. The number of anilines is 1. The van der Waals surface area contributed by atoms with E-state index in [9.17, 15) is 0 Å². The number of thioether (sulfide) groups is 1. The zero-order chi connectivity index (χ0) is 10.7. The van der Waals surface area contributed by atoms with Gasteiger partial charge in [-0.05, 0) is 29.7 Å². The number of benzene rings is 1. The number of hydrogen-bond donors (Lipinski definition) is 1. The van der Waals surface area contributed by atoms with Crippen LogP contribution < -0.4 is 5.32 Å². The first kappa shape index (κ1) is 10.9. The van der Waals surface area contributed by atoms with Gasteiger partial charge in [-0.25, -0.2) is 0 Å². The van der Waals surface area contributed by atoms with Crippen LogP contribution in [0.15, 0.2) is 24.3 Å². The van der Waals surface area contributed by atoms with E-state index < -0.39 is 0 Å². The average molecular weight is 221 g/mol. The number of aryl methyl sites for hydroxylation is 1. The van der Waals surface area contributed by atoms with E-state index in [-0.39, 0.29) is 0 Å². The van der Waals surface area contributed by atoms with E-state index in [0.717, 1.165) is 17.0 Å². The molecule has 0 fully saturated rings. The van der Waals surface area contributed by atoms with Gasteiger partial charge in [-0.2, -0.15) is 11.8 Å². The van der Waals surface area contributed by atoms with Crippen molar-refractivity contribution >= 4 is 17.4 Å². The Balaban J connectivity index is 2.02. The van der Waals surface area contributed by atoms with Crippen LogP contribution in [0.5, 0.6) is 0 Å². The van der Waals surface area contributed by atoms with E-state index in [1.54, 1.807) is 0 Å². The van der Waals surface area contributed by atoms with Crippen molar-refractivity contribution in [1.29, 1.82) is 0 Å². The third-order valence-corrected chi connectivity index (χ3v) is 4.07. The molecule has 1 atom stereocenters. The second-order valence-electron chi connectivity index (χ2n) is 4.38. The summed E-state index contributed by atoms with van der Waals surface area (Å²) in [5, 5.41) is 5.06. The van der Waals surface area contributed by atoms with E-state index in [0.29, 0.717) is 0 Å². The average Bonchev–Trinajstić information content (AvgIpc) is 2.41. The molecule has 2 heteroatoms. The van der Waals surface area contributed by atoms with Crippen molar-refractivity contribution in [3.05, 3.63) is 29.8 Å². The molecular formula is C13H19NS. The highest BCUT2D eigenvalue weighted by atomic mass is 32.2. The normalized spacial score (nSPS) is 20.6. The van der Waals surface area contributed by atoms with Crippen molar-refractivity contribution in [2.45, 2.75) is 37.2 Å². The highest BCUT2D eigenvalue weighted by molar-refractivity contribution is 8.00. The molecule has 1 heterocycles. The van der Waals surface area contributed by atoms with Gasteiger partial charge in [0.1, 0.15) is 0 Å². The monoisotopic (exact) mass is 221 g/mol. The third-order valence-electron chi connectivity index (χ3n) is 2.74. The highest BCUT2D eigenvalue weighted by Crippen LogP contribution is 2.27. The van der Waals surface area contributed by atoms with Gasteiger partial charge in [0.2, 0.25) is 0 Å². The SMILES string of the molecule is CC(C)SC1CCc2ccccc2NC1. The molecule has 15 heavy (non-hydrogen) atoms. The summed E-state index contributed by atoms with van der Waals surface area (Å²) in [6.45, 7) is 5.67. The molecule has 0 bridgehead atoms. The van der Waals surface area contributed by atoms with Crippen LogP contribution in [0.2, 0.25) is 0 Å². The van der Waals surface area contributed by atoms with Gasteiger partial charge in [0.25, 0.3) is 0 Å². The Morgan fingerprint density at radius 1 is 1.33 bits per heavy atom. The molecule has 0 aromatic heterocycles. The van der Waals surface area contributed by atoms with Gasteiger partial charge in [-0.3, -0.25) is 0 Å². The second kappa shape index (κ2) is 4.93. The number of hydrogen-bond acceptors (Lipinski definition) is 2. The molecule has 1 aromatic rings. The Bertz CT molecular complexity index is 295. The predicted octanol–water partition coefficient (Wildman–Crippen LogP) is 3.55. The van der Waals surface area contributed by atoms with Crippen molar-refractivity contribution in [3.8, 4) is 0 Å². The van der Waals surface area contributed by atoms with Gasteiger partial charge in [0.15, 0.2) is 0 Å². The van der Waals surface area contributed by atoms with Crippen LogP contribution >= 0.6 is 11.8 Å². The Kier molecular flexibility index (Phi) is 3.57. The first-order valence-corrected chi connectivity index (χ1v) is 6.67. The smallest absolute Gasteiger partial charge is 0.0373 e. The lowest BCUT2D eigenvalue weighted by Gasteiger charge is -2.16. The topological polar surface area (TPSA) is 12.0 Å². The van der Waals surface area contributed by atoms with Crippen LogP contribution in [0.25, 0.3) is 0 Å². The Hall–Kier alpha value is -0.630. The van der Waals surface area contributed by atoms with Crippen LogP contribution in [0.3, 0.4) is 0 Å². The molecule has 82 valence electrons. The number of nitrogens with one attached hydrogen (secondary N) is 1. The minimum absolute atomic E-state index is 0.734. The Morgan fingerprint density at radius 2 is 2.13 bits per heavy atom. The lowest BCUT2D eigenvalue weighted by atomic mass is 10.1. The zero-order valence-electron chi connectivity index (χ0n) is 9.49. The lowest BCUT2D eigenvalue weighted by Crippen LogP contribution is -2.16. The fourth-order valence-electron chi connectivity index (χ4n) is 2.05. The van der Waals surface area contributed by atoms with Crippen molar-refractivity contribution in [2.24, 2.45) is 0 Å². The predicted molar refractivity (Wildman–Crippen MR) is 69.8 cm³/mol. The van der Waals surface area contributed by atoms with Crippen molar-refractivity contribution in [3.63, 3.8) is 0 Å². The van der Waals surface area contributed by atoms with E-state index in [2.05, 4.69) is 55.2 Å². The standard InChI is InChI=1S/C13H19NS/c1-10(2)15-12-8-7-11-5-3-4-6-13(11)14-9-12/h3-6,10,12,14H,7-9H2,1-2H3. The molecule has 1 N–H and O–H groups in total. The summed E-state index contributed by atoms with van der Waals surface area (Å²) in [6, 6.07) is 8.68. The van der Waals surface area contributed by atoms with Crippen LogP contribution in [-0.4, -0.2) is 17.0 Å². The van der Waals surface area contributed by atoms with Crippen LogP contribution in [-0.2, 0) is 6.42 Å². The molecule has 1 aromatic carbocycles. The van der Waals surface area contributed by atoms with Gasteiger partial charge < -0.3 is 5.32 Å². The maximum Gasteiger partial charge on any atom is 0.0373 e. The van der Waals surface area contributed by atoms with E-state index in [4.69, 9.17) is 0 Å². The van der Waals surface area contributed by atoms with E-state index in [1.807, 2.05) is 0 Å². The van der Waals surface area contributed by atoms with Gasteiger partial charge in [0, 0.05) is 17.5 Å². The summed E-state index contributed by atoms with van der Waals surface area (Å²) in [7, 11) is 0. The molecule has 1 aliphatic heterocycles.